The first-order valence-corrected chi connectivity index (χ1v) is 13.0. The molecule has 5 aromatic rings. The molecule has 40 heavy (non-hydrogen) atoms. The van der Waals surface area contributed by atoms with Crippen LogP contribution in [0.2, 0.25) is 0 Å². The fraction of sp³-hybridized carbons (Fsp3) is 0.241. The second-order valence-corrected chi connectivity index (χ2v) is 9.08. The molecule has 1 aromatic carbocycles. The highest BCUT2D eigenvalue weighted by molar-refractivity contribution is 5.98. The van der Waals surface area contributed by atoms with Gasteiger partial charge in [0.1, 0.15) is 17.4 Å². The van der Waals surface area contributed by atoms with Gasteiger partial charge in [0.05, 0.1) is 19.3 Å². The molecule has 0 fully saturated rings. The lowest BCUT2D eigenvalue weighted by Crippen LogP contribution is -2.40. The Balaban J connectivity index is 1.57. The van der Waals surface area contributed by atoms with Crippen molar-refractivity contribution in [2.24, 2.45) is 0 Å². The molecule has 0 bridgehead atoms. The summed E-state index contributed by atoms with van der Waals surface area (Å²) in [5.41, 5.74) is 1.53. The summed E-state index contributed by atoms with van der Waals surface area (Å²) in [6.07, 6.45) is 5.39. The van der Waals surface area contributed by atoms with Gasteiger partial charge in [0.2, 0.25) is 0 Å². The Labute approximate surface area is 229 Å². The minimum Gasteiger partial charge on any atom is -0.497 e. The van der Waals surface area contributed by atoms with Gasteiger partial charge in [-0.25, -0.2) is 19.3 Å². The number of anilines is 1. The number of rotatable bonds is 10. The molecule has 11 heteroatoms. The lowest BCUT2D eigenvalue weighted by molar-refractivity contribution is 0.101. The van der Waals surface area contributed by atoms with E-state index < -0.39 is 5.69 Å². The van der Waals surface area contributed by atoms with E-state index in [0.717, 1.165) is 0 Å². The van der Waals surface area contributed by atoms with E-state index in [1.807, 2.05) is 19.9 Å². The van der Waals surface area contributed by atoms with Crippen molar-refractivity contribution in [1.29, 1.82) is 0 Å². The number of Topliss-reactive ketones (excluding diaryl/α,β-unsaturated/α-hetero) is 1. The number of imidazole rings is 1. The van der Waals surface area contributed by atoms with Crippen LogP contribution >= 0.6 is 0 Å². The lowest BCUT2D eigenvalue weighted by atomic mass is 10.2. The van der Waals surface area contributed by atoms with E-state index in [0.29, 0.717) is 52.7 Å². The fourth-order valence-electron chi connectivity index (χ4n) is 4.58. The molecule has 0 amide bonds. The minimum atomic E-state index is -0.451. The number of fused-ring (bicyclic) bond motifs is 1. The average molecular weight is 540 g/mol. The number of nitrogens with one attached hydrogen (secondary N) is 1. The molecular weight excluding hydrogens is 510 g/mol. The monoisotopic (exact) mass is 539 g/mol. The van der Waals surface area contributed by atoms with Gasteiger partial charge in [0.15, 0.2) is 16.9 Å². The minimum absolute atomic E-state index is 0.0661. The highest BCUT2D eigenvalue weighted by Crippen LogP contribution is 2.25. The topological polar surface area (TPSA) is 126 Å². The number of ketones is 1. The lowest BCUT2D eigenvalue weighted by Gasteiger charge is -2.12. The van der Waals surface area contributed by atoms with Gasteiger partial charge in [-0.05, 0) is 61.9 Å². The number of aromatic nitrogens is 6. The summed E-state index contributed by atoms with van der Waals surface area (Å²) in [6.45, 7) is 4.64. The Bertz CT molecular complexity index is 1770. The van der Waals surface area contributed by atoms with E-state index in [1.54, 1.807) is 66.5 Å². The Morgan fingerprint density at radius 3 is 2.42 bits per heavy atom. The van der Waals surface area contributed by atoms with Gasteiger partial charge in [0.25, 0.3) is 5.56 Å². The van der Waals surface area contributed by atoms with Crippen LogP contribution < -0.4 is 21.3 Å². The zero-order valence-corrected chi connectivity index (χ0v) is 22.5. The normalized spacial score (nSPS) is 11.1. The number of hydrogen-bond acceptors (Lipinski definition) is 8. The summed E-state index contributed by atoms with van der Waals surface area (Å²) in [7, 11) is 1.57. The van der Waals surface area contributed by atoms with Crippen molar-refractivity contribution in [3.05, 3.63) is 93.5 Å². The van der Waals surface area contributed by atoms with Crippen LogP contribution in [0.25, 0.3) is 28.2 Å². The first-order valence-electron chi connectivity index (χ1n) is 13.0. The molecule has 0 aliphatic heterocycles. The number of ether oxygens (including phenoxy) is 1. The van der Waals surface area contributed by atoms with Gasteiger partial charge in [0, 0.05) is 42.8 Å². The van der Waals surface area contributed by atoms with Gasteiger partial charge in [-0.15, -0.1) is 0 Å². The number of carbonyl (C=O) groups is 1. The second-order valence-electron chi connectivity index (χ2n) is 9.08. The zero-order valence-electron chi connectivity index (χ0n) is 22.5. The van der Waals surface area contributed by atoms with Crippen LogP contribution in [0.3, 0.4) is 0 Å². The van der Waals surface area contributed by atoms with Crippen molar-refractivity contribution >= 4 is 22.8 Å². The summed E-state index contributed by atoms with van der Waals surface area (Å²) in [4.78, 5) is 52.8. The largest absolute Gasteiger partial charge is 0.497 e. The standard InChI is InChI=1S/C29H29N7O4/c1-4-15-35-28(38)25-27(36(29(35)39)21-9-11-22(40-3)12-10-21)33-26(34(25)5-2)20-8-13-24(31-17-20)32-18-23(37)19-7-6-14-30-16-19/h6-14,16-17H,4-5,15,18H2,1-3H3,(H,31,32). The summed E-state index contributed by atoms with van der Waals surface area (Å²) in [6, 6.07) is 14.0. The molecule has 0 aliphatic carbocycles. The Morgan fingerprint density at radius 2 is 1.80 bits per heavy atom. The third kappa shape index (κ3) is 4.89. The average Bonchev–Trinajstić information content (AvgIpc) is 3.38. The van der Waals surface area contributed by atoms with Gasteiger partial charge in [-0.3, -0.25) is 19.1 Å². The number of hydrogen-bond donors (Lipinski definition) is 1. The van der Waals surface area contributed by atoms with Crippen LogP contribution in [-0.4, -0.2) is 48.1 Å². The van der Waals surface area contributed by atoms with Gasteiger partial charge in [-0.2, -0.15) is 0 Å². The van der Waals surface area contributed by atoms with E-state index in [4.69, 9.17) is 9.72 Å². The van der Waals surface area contributed by atoms with Gasteiger partial charge in [-0.1, -0.05) is 6.92 Å². The van der Waals surface area contributed by atoms with Crippen LogP contribution in [0.4, 0.5) is 5.82 Å². The van der Waals surface area contributed by atoms with Crippen LogP contribution in [0.1, 0.15) is 30.6 Å². The summed E-state index contributed by atoms with van der Waals surface area (Å²) in [5, 5.41) is 3.03. The Kier molecular flexibility index (Phi) is 7.54. The van der Waals surface area contributed by atoms with E-state index in [9.17, 15) is 14.4 Å². The van der Waals surface area contributed by atoms with Crippen LogP contribution in [-0.2, 0) is 13.1 Å². The van der Waals surface area contributed by atoms with Crippen molar-refractivity contribution < 1.29 is 9.53 Å². The quantitative estimate of drug-likeness (QED) is 0.267. The van der Waals surface area contributed by atoms with E-state index in [2.05, 4.69) is 15.3 Å². The van der Waals surface area contributed by atoms with E-state index in [1.165, 1.54) is 15.3 Å². The SMILES string of the molecule is CCCn1c(=O)c2c(nc(-c3ccc(NCC(=O)c4cccnc4)nc3)n2CC)n(-c2ccc(OC)cc2)c1=O. The smallest absolute Gasteiger partial charge is 0.337 e. The fourth-order valence-corrected chi connectivity index (χ4v) is 4.58. The maximum absolute atomic E-state index is 13.6. The predicted octanol–water partition coefficient (Wildman–Crippen LogP) is 3.54. The number of nitrogens with zero attached hydrogens (tertiary/aromatic N) is 6. The molecule has 11 nitrogen and oxygen atoms in total. The van der Waals surface area contributed by atoms with Gasteiger partial charge < -0.3 is 14.6 Å². The predicted molar refractivity (Wildman–Crippen MR) is 152 cm³/mol. The summed E-state index contributed by atoms with van der Waals surface area (Å²) >= 11 is 0. The molecule has 0 spiro atoms. The number of carbonyl (C=O) groups excluding carboxylic acids is 1. The van der Waals surface area contributed by atoms with Crippen molar-refractivity contribution in [3.63, 3.8) is 0 Å². The third-order valence-corrected chi connectivity index (χ3v) is 6.56. The van der Waals surface area contributed by atoms with E-state index >= 15 is 0 Å². The van der Waals surface area contributed by atoms with Crippen LogP contribution in [0.15, 0.2) is 76.7 Å². The molecule has 5 rings (SSSR count). The summed E-state index contributed by atoms with van der Waals surface area (Å²) in [5.74, 6) is 1.57. The maximum atomic E-state index is 13.6. The van der Waals surface area contributed by atoms with Gasteiger partial charge >= 0.3 is 5.69 Å². The third-order valence-electron chi connectivity index (χ3n) is 6.56. The van der Waals surface area contributed by atoms with Crippen molar-refractivity contribution in [2.45, 2.75) is 33.4 Å². The molecule has 0 unspecified atom stereocenters. The van der Waals surface area contributed by atoms with Crippen molar-refractivity contribution in [2.75, 3.05) is 19.0 Å². The maximum Gasteiger partial charge on any atom is 0.337 e. The van der Waals surface area contributed by atoms with Crippen LogP contribution in [0, 0.1) is 0 Å². The zero-order chi connectivity index (χ0) is 28.2. The molecule has 0 atom stereocenters. The number of pyridine rings is 2. The molecule has 4 aromatic heterocycles. The number of benzene rings is 1. The van der Waals surface area contributed by atoms with E-state index in [-0.39, 0.29) is 30.1 Å². The molecule has 4 heterocycles. The first-order chi connectivity index (χ1) is 19.5. The Morgan fingerprint density at radius 1 is 1.00 bits per heavy atom. The highest BCUT2D eigenvalue weighted by Gasteiger charge is 2.22. The summed E-state index contributed by atoms with van der Waals surface area (Å²) < 4.78 is 9.80. The first kappa shape index (κ1) is 26.5. The highest BCUT2D eigenvalue weighted by atomic mass is 16.5. The molecule has 0 saturated heterocycles. The van der Waals surface area contributed by atoms with Crippen molar-refractivity contribution in [1.82, 2.24) is 28.7 Å². The molecule has 0 saturated carbocycles. The number of aryl methyl sites for hydroxylation is 1. The Hall–Kier alpha value is -5.06. The van der Waals surface area contributed by atoms with Crippen molar-refractivity contribution in [3.8, 4) is 22.8 Å². The second kappa shape index (κ2) is 11.4. The molecule has 204 valence electrons. The molecule has 1 N–H and O–H groups in total. The molecular formula is C29H29N7O4. The molecule has 0 aliphatic rings. The molecule has 0 radical (unpaired) electrons. The van der Waals surface area contributed by atoms with Crippen LogP contribution in [0.5, 0.6) is 5.75 Å². The number of methoxy groups -OCH3 is 1.